The summed E-state index contributed by atoms with van der Waals surface area (Å²) < 4.78 is 0. The third-order valence-corrected chi connectivity index (χ3v) is 6.73. The number of amides is 1. The van der Waals surface area contributed by atoms with Crippen LogP contribution in [0.25, 0.3) is 22.5 Å². The zero-order valence-corrected chi connectivity index (χ0v) is 18.3. The van der Waals surface area contributed by atoms with Gasteiger partial charge in [0, 0.05) is 61.2 Å². The number of H-pyrrole nitrogens is 1. The van der Waals surface area contributed by atoms with Gasteiger partial charge in [0.25, 0.3) is 0 Å². The molecule has 0 unspecified atom stereocenters. The van der Waals surface area contributed by atoms with Gasteiger partial charge in [0.2, 0.25) is 5.91 Å². The molecule has 0 radical (unpaired) electrons. The van der Waals surface area contributed by atoms with Gasteiger partial charge in [-0.3, -0.25) is 14.8 Å². The average molecular weight is 422 g/mol. The molecule has 0 saturated carbocycles. The van der Waals surface area contributed by atoms with Gasteiger partial charge in [0.15, 0.2) is 0 Å². The number of hydrogen-bond donors (Lipinski definition) is 1. The average Bonchev–Trinajstić information content (AvgIpc) is 3.44. The minimum Gasteiger partial charge on any atom is -0.339 e. The van der Waals surface area contributed by atoms with E-state index in [1.807, 2.05) is 23.9 Å². The van der Waals surface area contributed by atoms with Crippen LogP contribution in [0.2, 0.25) is 0 Å². The SMILES string of the molecule is CN(C)CC(=O)N1CCN(Cc2ccc3c(c2)Cc2c(-c4ccsc4)n[nH]c2-3)CC1. The maximum Gasteiger partial charge on any atom is 0.236 e. The molecule has 30 heavy (non-hydrogen) atoms. The highest BCUT2D eigenvalue weighted by molar-refractivity contribution is 7.08. The number of aromatic amines is 1. The molecule has 5 rings (SSSR count). The van der Waals surface area contributed by atoms with Crippen molar-refractivity contribution in [3.63, 3.8) is 0 Å². The molecule has 0 atom stereocenters. The molecule has 0 bridgehead atoms. The monoisotopic (exact) mass is 421 g/mol. The summed E-state index contributed by atoms with van der Waals surface area (Å²) in [5.41, 5.74) is 8.78. The molecular formula is C23H27N5OS. The second kappa shape index (κ2) is 7.98. The van der Waals surface area contributed by atoms with Crippen molar-refractivity contribution in [3.8, 4) is 22.5 Å². The standard InChI is InChI=1S/C23H27N5OS/c1-26(2)14-21(29)28-8-6-27(7-9-28)13-16-3-4-19-18(11-16)12-20-22(24-25-23(19)20)17-5-10-30-15-17/h3-5,10-11,15H,6-9,12-14H2,1-2H3,(H,24,25). The van der Waals surface area contributed by atoms with Crippen molar-refractivity contribution in [2.24, 2.45) is 0 Å². The summed E-state index contributed by atoms with van der Waals surface area (Å²) in [6.07, 6.45) is 0.938. The Morgan fingerprint density at radius 2 is 2.03 bits per heavy atom. The first-order valence-corrected chi connectivity index (χ1v) is 11.4. The lowest BCUT2D eigenvalue weighted by molar-refractivity contribution is -0.133. The first-order valence-electron chi connectivity index (χ1n) is 10.5. The van der Waals surface area contributed by atoms with Gasteiger partial charge in [0.1, 0.15) is 0 Å². The maximum absolute atomic E-state index is 12.3. The van der Waals surface area contributed by atoms with Gasteiger partial charge in [-0.2, -0.15) is 16.4 Å². The second-order valence-electron chi connectivity index (χ2n) is 8.50. The number of nitrogens with one attached hydrogen (secondary N) is 1. The maximum atomic E-state index is 12.3. The molecule has 1 saturated heterocycles. The van der Waals surface area contributed by atoms with Crippen molar-refractivity contribution < 1.29 is 4.79 Å². The van der Waals surface area contributed by atoms with E-state index in [0.717, 1.165) is 44.8 Å². The molecule has 1 fully saturated rings. The second-order valence-corrected chi connectivity index (χ2v) is 9.28. The highest BCUT2D eigenvalue weighted by Gasteiger charge is 2.26. The van der Waals surface area contributed by atoms with Gasteiger partial charge in [0.05, 0.1) is 17.9 Å². The summed E-state index contributed by atoms with van der Waals surface area (Å²) >= 11 is 1.71. The third-order valence-electron chi connectivity index (χ3n) is 6.05. The molecule has 6 nitrogen and oxygen atoms in total. The van der Waals surface area contributed by atoms with Crippen LogP contribution >= 0.6 is 11.3 Å². The lowest BCUT2D eigenvalue weighted by Gasteiger charge is -2.35. The number of piperazine rings is 1. The zero-order chi connectivity index (χ0) is 20.7. The molecule has 1 amide bonds. The number of aromatic nitrogens is 2. The van der Waals surface area contributed by atoms with Gasteiger partial charge in [-0.15, -0.1) is 0 Å². The fourth-order valence-electron chi connectivity index (χ4n) is 4.51. The Balaban J connectivity index is 1.24. The minimum absolute atomic E-state index is 0.230. The number of benzene rings is 1. The van der Waals surface area contributed by atoms with Crippen molar-refractivity contribution >= 4 is 17.2 Å². The molecule has 156 valence electrons. The number of fused-ring (bicyclic) bond motifs is 3. The number of carbonyl (C=O) groups excluding carboxylic acids is 1. The molecule has 1 aliphatic carbocycles. The first kappa shape index (κ1) is 19.5. The van der Waals surface area contributed by atoms with E-state index in [4.69, 9.17) is 0 Å². The predicted octanol–water partition coefficient (Wildman–Crippen LogP) is 2.92. The Morgan fingerprint density at radius 3 is 2.77 bits per heavy atom. The summed E-state index contributed by atoms with van der Waals surface area (Å²) in [7, 11) is 3.88. The first-order chi connectivity index (χ1) is 14.6. The van der Waals surface area contributed by atoms with E-state index in [2.05, 4.69) is 50.1 Å². The van der Waals surface area contributed by atoms with E-state index < -0.39 is 0 Å². The van der Waals surface area contributed by atoms with Gasteiger partial charge >= 0.3 is 0 Å². The van der Waals surface area contributed by atoms with Crippen LogP contribution in [0.1, 0.15) is 16.7 Å². The number of hydrogen-bond acceptors (Lipinski definition) is 5. The molecule has 2 aliphatic rings. The predicted molar refractivity (Wildman–Crippen MR) is 121 cm³/mol. The highest BCUT2D eigenvalue weighted by atomic mass is 32.1. The fourth-order valence-corrected chi connectivity index (χ4v) is 5.15. The van der Waals surface area contributed by atoms with Crippen LogP contribution in [0.4, 0.5) is 0 Å². The number of carbonyl (C=O) groups is 1. The minimum atomic E-state index is 0.230. The van der Waals surface area contributed by atoms with Crippen LogP contribution in [-0.4, -0.2) is 77.6 Å². The van der Waals surface area contributed by atoms with Gasteiger partial charge < -0.3 is 9.80 Å². The normalized spacial score (nSPS) is 16.2. The van der Waals surface area contributed by atoms with Crippen molar-refractivity contribution in [2.75, 3.05) is 46.8 Å². The number of likely N-dealkylation sites (N-methyl/N-ethyl adjacent to an activating group) is 1. The Bertz CT molecular complexity index is 1050. The molecule has 7 heteroatoms. The van der Waals surface area contributed by atoms with E-state index in [0.29, 0.717) is 6.54 Å². The van der Waals surface area contributed by atoms with Crippen molar-refractivity contribution in [1.29, 1.82) is 0 Å². The molecule has 0 spiro atoms. The molecule has 2 aromatic heterocycles. The van der Waals surface area contributed by atoms with E-state index >= 15 is 0 Å². The summed E-state index contributed by atoms with van der Waals surface area (Å²) in [5.74, 6) is 0.230. The summed E-state index contributed by atoms with van der Waals surface area (Å²) in [6.45, 7) is 4.93. The van der Waals surface area contributed by atoms with Crippen LogP contribution in [0.15, 0.2) is 35.0 Å². The molecule has 3 aromatic rings. The fraction of sp³-hybridized carbons (Fsp3) is 0.391. The Hall–Kier alpha value is -2.48. The Morgan fingerprint density at radius 1 is 1.20 bits per heavy atom. The largest absolute Gasteiger partial charge is 0.339 e. The van der Waals surface area contributed by atoms with E-state index in [1.165, 1.54) is 33.5 Å². The molecule has 1 aliphatic heterocycles. The van der Waals surface area contributed by atoms with Crippen molar-refractivity contribution in [3.05, 3.63) is 51.7 Å². The van der Waals surface area contributed by atoms with E-state index in [-0.39, 0.29) is 5.91 Å². The van der Waals surface area contributed by atoms with E-state index in [9.17, 15) is 4.79 Å². The molecule has 1 aromatic carbocycles. The Labute approximate surface area is 181 Å². The quantitative estimate of drug-likeness (QED) is 0.538. The van der Waals surface area contributed by atoms with Crippen molar-refractivity contribution in [2.45, 2.75) is 13.0 Å². The summed E-state index contributed by atoms with van der Waals surface area (Å²) in [6, 6.07) is 8.97. The van der Waals surface area contributed by atoms with Crippen LogP contribution < -0.4 is 0 Å². The highest BCUT2D eigenvalue weighted by Crippen LogP contribution is 2.40. The number of nitrogens with zero attached hydrogens (tertiary/aromatic N) is 4. The summed E-state index contributed by atoms with van der Waals surface area (Å²) in [4.78, 5) is 18.6. The zero-order valence-electron chi connectivity index (χ0n) is 17.5. The lowest BCUT2D eigenvalue weighted by Crippen LogP contribution is -2.50. The van der Waals surface area contributed by atoms with Gasteiger partial charge in [-0.05, 0) is 36.7 Å². The third kappa shape index (κ3) is 3.69. The van der Waals surface area contributed by atoms with Crippen LogP contribution in [0.3, 0.4) is 0 Å². The molecular weight excluding hydrogens is 394 g/mol. The van der Waals surface area contributed by atoms with Gasteiger partial charge in [-0.25, -0.2) is 0 Å². The topological polar surface area (TPSA) is 55.5 Å². The van der Waals surface area contributed by atoms with E-state index in [1.54, 1.807) is 11.3 Å². The molecule has 3 heterocycles. The Kier molecular flexibility index (Phi) is 5.18. The van der Waals surface area contributed by atoms with Gasteiger partial charge in [-0.1, -0.05) is 18.2 Å². The van der Waals surface area contributed by atoms with Crippen molar-refractivity contribution in [1.82, 2.24) is 24.9 Å². The number of thiophene rings is 1. The molecule has 1 N–H and O–H groups in total. The van der Waals surface area contributed by atoms with Crippen LogP contribution in [0.5, 0.6) is 0 Å². The summed E-state index contributed by atoms with van der Waals surface area (Å²) in [5, 5.41) is 12.1. The van der Waals surface area contributed by atoms with Crippen LogP contribution in [-0.2, 0) is 17.8 Å². The van der Waals surface area contributed by atoms with Crippen LogP contribution in [0, 0.1) is 0 Å². The number of rotatable bonds is 5. The smallest absolute Gasteiger partial charge is 0.236 e. The lowest BCUT2D eigenvalue weighted by atomic mass is 10.0.